The van der Waals surface area contributed by atoms with Crippen molar-refractivity contribution in [3.8, 4) is 5.75 Å². The highest BCUT2D eigenvalue weighted by molar-refractivity contribution is 5.98. The van der Waals surface area contributed by atoms with E-state index < -0.39 is 0 Å². The molecule has 0 radical (unpaired) electrons. The number of benzene rings is 2. The maximum atomic E-state index is 12.6. The van der Waals surface area contributed by atoms with E-state index >= 15 is 0 Å². The van der Waals surface area contributed by atoms with E-state index in [-0.39, 0.29) is 11.7 Å². The first-order valence-corrected chi connectivity index (χ1v) is 8.99. The molecule has 1 aliphatic rings. The molecule has 27 heavy (non-hydrogen) atoms. The van der Waals surface area contributed by atoms with Crippen molar-refractivity contribution in [2.45, 2.75) is 25.7 Å². The van der Waals surface area contributed by atoms with Crippen LogP contribution in [0.15, 0.2) is 54.7 Å². The van der Waals surface area contributed by atoms with Crippen molar-refractivity contribution < 1.29 is 9.53 Å². The number of nitrogens with one attached hydrogen (secondary N) is 1. The van der Waals surface area contributed by atoms with Gasteiger partial charge in [-0.2, -0.15) is 0 Å². The third kappa shape index (κ3) is 3.67. The number of aryl methyl sites for hydroxylation is 1. The van der Waals surface area contributed by atoms with Gasteiger partial charge in [-0.3, -0.25) is 4.79 Å². The van der Waals surface area contributed by atoms with Gasteiger partial charge >= 0.3 is 0 Å². The van der Waals surface area contributed by atoms with Crippen LogP contribution in [0.5, 0.6) is 5.75 Å². The Bertz CT molecular complexity index is 966. The minimum Gasteiger partial charge on any atom is -0.497 e. The lowest BCUT2D eigenvalue weighted by Gasteiger charge is -2.23. The molecular formula is C22H21N3O2. The third-order valence-corrected chi connectivity index (χ3v) is 4.93. The second-order valence-electron chi connectivity index (χ2n) is 6.85. The highest BCUT2D eigenvalue weighted by Crippen LogP contribution is 2.32. The number of carbonyl (C=O) groups is 1. The fourth-order valence-electron chi connectivity index (χ4n) is 3.38. The molecule has 5 heteroatoms. The third-order valence-electron chi connectivity index (χ3n) is 4.93. The Morgan fingerprint density at radius 3 is 2.48 bits per heavy atom. The van der Waals surface area contributed by atoms with Crippen molar-refractivity contribution in [1.82, 2.24) is 9.97 Å². The summed E-state index contributed by atoms with van der Waals surface area (Å²) in [6.07, 6.45) is 2.89. The molecule has 0 saturated heterocycles. The molecule has 0 spiro atoms. The summed E-state index contributed by atoms with van der Waals surface area (Å²) in [5.41, 5.74) is 4.71. The molecule has 4 rings (SSSR count). The molecular weight excluding hydrogens is 338 g/mol. The minimum atomic E-state index is 0.109. The number of ether oxygens (including phenoxy) is 1. The smallest absolute Gasteiger partial charge is 0.227 e. The summed E-state index contributed by atoms with van der Waals surface area (Å²) in [6.45, 7) is 2.06. The molecule has 1 aliphatic carbocycles. The molecule has 0 fully saturated rings. The number of methoxy groups -OCH3 is 1. The quantitative estimate of drug-likeness (QED) is 0.745. The molecule has 0 amide bonds. The second-order valence-corrected chi connectivity index (χ2v) is 6.85. The number of carbonyl (C=O) groups excluding carboxylic acids is 1. The van der Waals surface area contributed by atoms with Crippen molar-refractivity contribution in [2.24, 2.45) is 0 Å². The van der Waals surface area contributed by atoms with Gasteiger partial charge in [0.1, 0.15) is 5.75 Å². The zero-order chi connectivity index (χ0) is 18.8. The summed E-state index contributed by atoms with van der Waals surface area (Å²) in [5.74, 6) is 1.56. The molecule has 0 bridgehead atoms. The Labute approximate surface area is 158 Å². The van der Waals surface area contributed by atoms with Gasteiger partial charge < -0.3 is 10.1 Å². The first-order chi connectivity index (χ1) is 13.1. The second kappa shape index (κ2) is 7.19. The molecule has 3 aromatic rings. The van der Waals surface area contributed by atoms with E-state index in [4.69, 9.17) is 4.74 Å². The van der Waals surface area contributed by atoms with Gasteiger partial charge in [-0.25, -0.2) is 9.97 Å². The van der Waals surface area contributed by atoms with Crippen molar-refractivity contribution in [3.05, 3.63) is 77.1 Å². The zero-order valence-electron chi connectivity index (χ0n) is 15.4. The lowest BCUT2D eigenvalue weighted by Crippen LogP contribution is -2.21. The van der Waals surface area contributed by atoms with Crippen LogP contribution in [0.1, 0.15) is 39.5 Å². The Kier molecular flexibility index (Phi) is 4.59. The normalized spacial score (nSPS) is 15.9. The van der Waals surface area contributed by atoms with Gasteiger partial charge in [-0.05, 0) is 49.1 Å². The van der Waals surface area contributed by atoms with E-state index in [9.17, 15) is 4.79 Å². The highest BCUT2D eigenvalue weighted by atomic mass is 16.5. The molecule has 1 aromatic heterocycles. The van der Waals surface area contributed by atoms with Crippen molar-refractivity contribution >= 4 is 17.4 Å². The monoisotopic (exact) mass is 359 g/mol. The van der Waals surface area contributed by atoms with Crippen LogP contribution < -0.4 is 10.1 Å². The number of nitrogens with zero attached hydrogens (tertiary/aromatic N) is 2. The van der Waals surface area contributed by atoms with Gasteiger partial charge in [-0.1, -0.05) is 29.8 Å². The van der Waals surface area contributed by atoms with Crippen LogP contribution in [0.3, 0.4) is 0 Å². The largest absolute Gasteiger partial charge is 0.497 e. The van der Waals surface area contributed by atoms with Crippen LogP contribution in [0.25, 0.3) is 0 Å². The van der Waals surface area contributed by atoms with Crippen LogP contribution in [0, 0.1) is 6.92 Å². The van der Waals surface area contributed by atoms with Crippen molar-refractivity contribution in [1.29, 1.82) is 0 Å². The molecule has 136 valence electrons. The van der Waals surface area contributed by atoms with Crippen LogP contribution in [0.2, 0.25) is 0 Å². The zero-order valence-corrected chi connectivity index (χ0v) is 15.4. The van der Waals surface area contributed by atoms with Gasteiger partial charge in [0.25, 0.3) is 0 Å². The van der Waals surface area contributed by atoms with Gasteiger partial charge in [-0.15, -0.1) is 0 Å². The molecule has 0 aliphatic heterocycles. The van der Waals surface area contributed by atoms with Crippen LogP contribution in [-0.2, 0) is 6.42 Å². The summed E-state index contributed by atoms with van der Waals surface area (Å²) < 4.78 is 5.17. The number of aromatic nitrogens is 2. The van der Waals surface area contributed by atoms with Gasteiger partial charge in [0.2, 0.25) is 5.95 Å². The standard InChI is InChI=1S/C22H21N3O2/c1-14-3-5-15(6-4-14)16-11-20-19(21(26)12-16)13-23-22(25-20)24-17-7-9-18(27-2)10-8-17/h3-10,13,16H,11-12H2,1-2H3,(H,23,24,25)/t16-/m1/s1. The molecule has 1 atom stereocenters. The molecule has 5 nitrogen and oxygen atoms in total. The SMILES string of the molecule is COc1ccc(Nc2ncc3c(n2)C[C@@H](c2ccc(C)cc2)CC3=O)cc1. The maximum absolute atomic E-state index is 12.6. The predicted molar refractivity (Wildman–Crippen MR) is 105 cm³/mol. The van der Waals surface area contributed by atoms with E-state index in [0.717, 1.165) is 23.6 Å². The Hall–Kier alpha value is -3.21. The van der Waals surface area contributed by atoms with Gasteiger partial charge in [0.15, 0.2) is 5.78 Å². The summed E-state index contributed by atoms with van der Waals surface area (Å²) >= 11 is 0. The highest BCUT2D eigenvalue weighted by Gasteiger charge is 2.28. The number of ketones is 1. The molecule has 1 heterocycles. The lowest BCUT2D eigenvalue weighted by molar-refractivity contribution is 0.0962. The van der Waals surface area contributed by atoms with Crippen LogP contribution in [0.4, 0.5) is 11.6 Å². The number of anilines is 2. The van der Waals surface area contributed by atoms with Gasteiger partial charge in [0.05, 0.1) is 18.4 Å². The average molecular weight is 359 g/mol. The topological polar surface area (TPSA) is 64.1 Å². The summed E-state index contributed by atoms with van der Waals surface area (Å²) in [6, 6.07) is 15.9. The van der Waals surface area contributed by atoms with E-state index in [1.165, 1.54) is 11.1 Å². The minimum absolute atomic E-state index is 0.109. The summed E-state index contributed by atoms with van der Waals surface area (Å²) in [4.78, 5) is 21.5. The number of fused-ring (bicyclic) bond motifs is 1. The summed E-state index contributed by atoms with van der Waals surface area (Å²) in [7, 11) is 1.64. The average Bonchev–Trinajstić information content (AvgIpc) is 2.69. The first-order valence-electron chi connectivity index (χ1n) is 8.99. The van der Waals surface area contributed by atoms with Crippen LogP contribution >= 0.6 is 0 Å². The van der Waals surface area contributed by atoms with Gasteiger partial charge in [0, 0.05) is 18.3 Å². The Balaban J connectivity index is 1.57. The molecule has 2 aromatic carbocycles. The van der Waals surface area contributed by atoms with Crippen molar-refractivity contribution in [2.75, 3.05) is 12.4 Å². The van der Waals surface area contributed by atoms with E-state index in [0.29, 0.717) is 17.9 Å². The number of rotatable bonds is 4. The summed E-state index contributed by atoms with van der Waals surface area (Å²) in [5, 5.41) is 3.19. The number of hydrogen-bond donors (Lipinski definition) is 1. The Morgan fingerprint density at radius 2 is 1.78 bits per heavy atom. The number of Topliss-reactive ketones (excluding diaryl/α,β-unsaturated/α-hetero) is 1. The first kappa shape index (κ1) is 17.2. The predicted octanol–water partition coefficient (Wildman–Crippen LogP) is 4.45. The lowest BCUT2D eigenvalue weighted by atomic mass is 9.82. The molecule has 0 unspecified atom stereocenters. The van der Waals surface area contributed by atoms with Crippen molar-refractivity contribution in [3.63, 3.8) is 0 Å². The van der Waals surface area contributed by atoms with Crippen LogP contribution in [-0.4, -0.2) is 22.9 Å². The van der Waals surface area contributed by atoms with E-state index in [1.54, 1.807) is 13.3 Å². The van der Waals surface area contributed by atoms with E-state index in [1.807, 2.05) is 24.3 Å². The van der Waals surface area contributed by atoms with E-state index in [2.05, 4.69) is 46.5 Å². The molecule has 0 saturated carbocycles. The maximum Gasteiger partial charge on any atom is 0.227 e. The Morgan fingerprint density at radius 1 is 1.04 bits per heavy atom. The molecule has 1 N–H and O–H groups in total. The fourth-order valence-corrected chi connectivity index (χ4v) is 3.38. The fraction of sp³-hybridized carbons (Fsp3) is 0.227. The number of hydrogen-bond acceptors (Lipinski definition) is 5.